The lowest BCUT2D eigenvalue weighted by molar-refractivity contribution is -0.143. The van der Waals surface area contributed by atoms with Crippen molar-refractivity contribution >= 4 is 22.0 Å². The van der Waals surface area contributed by atoms with Crippen molar-refractivity contribution in [1.29, 1.82) is 0 Å². The fourth-order valence-corrected chi connectivity index (χ4v) is 3.15. The highest BCUT2D eigenvalue weighted by molar-refractivity contribution is 7.89. The van der Waals surface area contributed by atoms with E-state index in [1.165, 1.54) is 24.3 Å². The molecule has 0 spiro atoms. The molecule has 1 aromatic heterocycles. The van der Waals surface area contributed by atoms with Crippen LogP contribution in [-0.4, -0.2) is 40.3 Å². The summed E-state index contributed by atoms with van der Waals surface area (Å²) in [7, 11) is -3.90. The van der Waals surface area contributed by atoms with E-state index in [0.717, 1.165) is 16.3 Å². The molecule has 0 aliphatic carbocycles. The van der Waals surface area contributed by atoms with Gasteiger partial charge >= 0.3 is 18.1 Å². The van der Waals surface area contributed by atoms with Crippen LogP contribution < -0.4 is 5.14 Å². The van der Waals surface area contributed by atoms with E-state index in [4.69, 9.17) is 15.4 Å². The summed E-state index contributed by atoms with van der Waals surface area (Å²) in [6.45, 7) is 1.87. The average Bonchev–Trinajstić information content (AvgIpc) is 3.19. The molecule has 0 saturated heterocycles. The zero-order chi connectivity index (χ0) is 25.7. The smallest absolute Gasteiger partial charge is 0.435 e. The van der Waals surface area contributed by atoms with E-state index in [-0.39, 0.29) is 29.1 Å². The fraction of sp³-hybridized carbons (Fsp3) is 0.190. The largest absolute Gasteiger partial charge is 0.481 e. The van der Waals surface area contributed by atoms with E-state index >= 15 is 0 Å². The van der Waals surface area contributed by atoms with Gasteiger partial charge in [-0.1, -0.05) is 29.8 Å². The fourth-order valence-electron chi connectivity index (χ4n) is 2.64. The van der Waals surface area contributed by atoms with Crippen molar-refractivity contribution in [1.82, 2.24) is 9.78 Å². The van der Waals surface area contributed by atoms with Crippen molar-refractivity contribution < 1.29 is 41.4 Å². The number of carboxylic acids is 2. The molecule has 0 unspecified atom stereocenters. The van der Waals surface area contributed by atoms with Gasteiger partial charge in [0.25, 0.3) is 0 Å². The van der Waals surface area contributed by atoms with Crippen LogP contribution in [0.15, 0.2) is 59.5 Å². The summed E-state index contributed by atoms with van der Waals surface area (Å²) in [5, 5.41) is 24.5. The van der Waals surface area contributed by atoms with Crippen LogP contribution in [0.25, 0.3) is 16.9 Å². The first kappa shape index (κ1) is 26.5. The maximum Gasteiger partial charge on any atom is 0.435 e. The molecule has 34 heavy (non-hydrogen) atoms. The predicted molar refractivity (Wildman–Crippen MR) is 115 cm³/mol. The third-order valence-corrected chi connectivity index (χ3v) is 5.24. The van der Waals surface area contributed by atoms with Crippen LogP contribution in [0.1, 0.15) is 24.1 Å². The standard InChI is InChI=1S/C17H14F3N3O2S.C4H6O4/c1-11-2-4-12(5-3-11)15-10-16(17(18,19)20)22-23(15)13-6-8-14(9-7-13)26(21,24)25;5-3(6)1-2-4(7)8/h2-10H,1H3,(H2,21,24,25);1-2H2,(H,5,6)(H,7,8). The molecule has 0 aliphatic heterocycles. The molecule has 4 N–H and O–H groups in total. The molecule has 9 nitrogen and oxygen atoms in total. The van der Waals surface area contributed by atoms with Gasteiger partial charge in [0, 0.05) is 5.56 Å². The highest BCUT2D eigenvalue weighted by Gasteiger charge is 2.35. The quantitative estimate of drug-likeness (QED) is 0.470. The summed E-state index contributed by atoms with van der Waals surface area (Å²) in [5.41, 5.74) is 0.996. The van der Waals surface area contributed by atoms with Crippen molar-refractivity contribution in [2.24, 2.45) is 5.14 Å². The van der Waals surface area contributed by atoms with Crippen molar-refractivity contribution in [3.05, 3.63) is 65.9 Å². The van der Waals surface area contributed by atoms with Gasteiger partial charge in [-0.2, -0.15) is 18.3 Å². The highest BCUT2D eigenvalue weighted by atomic mass is 32.2. The van der Waals surface area contributed by atoms with Crippen molar-refractivity contribution in [2.45, 2.75) is 30.8 Å². The van der Waals surface area contributed by atoms with Gasteiger partial charge in [0.1, 0.15) is 0 Å². The van der Waals surface area contributed by atoms with E-state index in [0.29, 0.717) is 5.56 Å². The number of hydrogen-bond donors (Lipinski definition) is 3. The van der Waals surface area contributed by atoms with Crippen molar-refractivity contribution in [3.8, 4) is 16.9 Å². The number of primary sulfonamides is 1. The number of hydrogen-bond acceptors (Lipinski definition) is 5. The van der Waals surface area contributed by atoms with Crippen LogP contribution in [0.5, 0.6) is 0 Å². The second kappa shape index (κ2) is 10.5. The topological polar surface area (TPSA) is 153 Å². The van der Waals surface area contributed by atoms with Crippen LogP contribution >= 0.6 is 0 Å². The summed E-state index contributed by atoms with van der Waals surface area (Å²) in [6.07, 6.45) is -5.20. The Bertz CT molecular complexity index is 1250. The van der Waals surface area contributed by atoms with Gasteiger partial charge in [-0.05, 0) is 37.3 Å². The Morgan fingerprint density at radius 2 is 1.47 bits per heavy atom. The minimum Gasteiger partial charge on any atom is -0.481 e. The van der Waals surface area contributed by atoms with Crippen LogP contribution in [0.2, 0.25) is 0 Å². The predicted octanol–water partition coefficient (Wildman–Crippen LogP) is 3.45. The summed E-state index contributed by atoms with van der Waals surface area (Å²) in [5.74, 6) is -2.15. The Morgan fingerprint density at radius 1 is 0.971 bits per heavy atom. The second-order valence-electron chi connectivity index (χ2n) is 7.02. The lowest BCUT2D eigenvalue weighted by Gasteiger charge is -2.09. The molecule has 3 aromatic rings. The Labute approximate surface area is 192 Å². The monoisotopic (exact) mass is 499 g/mol. The normalized spacial score (nSPS) is 11.4. The first-order chi connectivity index (χ1) is 15.7. The van der Waals surface area contributed by atoms with E-state index in [1.54, 1.807) is 24.3 Å². The van der Waals surface area contributed by atoms with E-state index < -0.39 is 33.8 Å². The number of carbonyl (C=O) groups is 2. The molecule has 2 aromatic carbocycles. The molecular formula is C21H20F3N3O6S. The number of aromatic nitrogens is 2. The van der Waals surface area contributed by atoms with E-state index in [9.17, 15) is 31.2 Å². The van der Waals surface area contributed by atoms with Gasteiger partial charge in [0.2, 0.25) is 10.0 Å². The van der Waals surface area contributed by atoms with Gasteiger partial charge in [0.05, 0.1) is 29.1 Å². The minimum atomic E-state index is -4.61. The molecule has 13 heteroatoms. The Kier molecular flexibility index (Phi) is 8.18. The summed E-state index contributed by atoms with van der Waals surface area (Å²) in [6, 6.07) is 13.1. The van der Waals surface area contributed by atoms with Crippen molar-refractivity contribution in [3.63, 3.8) is 0 Å². The number of halogens is 3. The SMILES string of the molecule is Cc1ccc(-c2cc(C(F)(F)F)nn2-c2ccc(S(N)(=O)=O)cc2)cc1.O=C(O)CCC(=O)O. The van der Waals surface area contributed by atoms with E-state index in [1.807, 2.05) is 6.92 Å². The zero-order valence-corrected chi connectivity index (χ0v) is 18.5. The highest BCUT2D eigenvalue weighted by Crippen LogP contribution is 2.33. The van der Waals surface area contributed by atoms with Gasteiger partial charge in [0.15, 0.2) is 5.69 Å². The first-order valence-electron chi connectivity index (χ1n) is 9.49. The minimum absolute atomic E-state index is 0.138. The molecule has 0 bridgehead atoms. The second-order valence-corrected chi connectivity index (χ2v) is 8.58. The number of nitrogens with two attached hydrogens (primary N) is 1. The average molecular weight is 499 g/mol. The number of carboxylic acid groups (broad SMARTS) is 2. The molecule has 182 valence electrons. The van der Waals surface area contributed by atoms with Crippen molar-refractivity contribution in [2.75, 3.05) is 0 Å². The molecular weight excluding hydrogens is 479 g/mol. The maximum atomic E-state index is 13.1. The Hall–Kier alpha value is -3.71. The van der Waals surface area contributed by atoms with Gasteiger partial charge in [-0.15, -0.1) is 0 Å². The van der Waals surface area contributed by atoms with Crippen LogP contribution in [0.3, 0.4) is 0 Å². The number of alkyl halides is 3. The molecule has 0 saturated carbocycles. The van der Waals surface area contributed by atoms with Crippen LogP contribution in [-0.2, 0) is 25.8 Å². The Balaban J connectivity index is 0.000000440. The molecule has 0 radical (unpaired) electrons. The van der Waals surface area contributed by atoms with Crippen LogP contribution in [0, 0.1) is 6.92 Å². The van der Waals surface area contributed by atoms with Gasteiger partial charge in [-0.3, -0.25) is 9.59 Å². The molecule has 3 rings (SSSR count). The third-order valence-electron chi connectivity index (χ3n) is 4.31. The first-order valence-corrected chi connectivity index (χ1v) is 11.0. The Morgan fingerprint density at radius 3 is 1.88 bits per heavy atom. The molecule has 0 fully saturated rings. The zero-order valence-electron chi connectivity index (χ0n) is 17.7. The number of nitrogens with zero attached hydrogens (tertiary/aromatic N) is 2. The molecule has 0 aliphatic rings. The summed E-state index contributed by atoms with van der Waals surface area (Å²) >= 11 is 0. The number of aliphatic carboxylic acids is 2. The summed E-state index contributed by atoms with van der Waals surface area (Å²) in [4.78, 5) is 19.1. The lowest BCUT2D eigenvalue weighted by atomic mass is 10.1. The number of benzene rings is 2. The number of sulfonamides is 1. The molecule has 1 heterocycles. The van der Waals surface area contributed by atoms with Crippen LogP contribution in [0.4, 0.5) is 13.2 Å². The van der Waals surface area contributed by atoms with Gasteiger partial charge in [-0.25, -0.2) is 18.2 Å². The maximum absolute atomic E-state index is 13.1. The lowest BCUT2D eigenvalue weighted by Crippen LogP contribution is -2.12. The van der Waals surface area contributed by atoms with E-state index in [2.05, 4.69) is 5.10 Å². The summed E-state index contributed by atoms with van der Waals surface area (Å²) < 4.78 is 63.2. The third kappa shape index (κ3) is 7.42. The number of aryl methyl sites for hydroxylation is 1. The number of rotatable bonds is 6. The van der Waals surface area contributed by atoms with Gasteiger partial charge < -0.3 is 10.2 Å². The molecule has 0 amide bonds. The molecule has 0 atom stereocenters.